The molecule has 0 saturated heterocycles. The molecule has 1 aliphatic heterocycles. The summed E-state index contributed by atoms with van der Waals surface area (Å²) in [5.41, 5.74) is 4.25. The first-order valence-electron chi connectivity index (χ1n) is 8.27. The van der Waals surface area contributed by atoms with Gasteiger partial charge in [0.15, 0.2) is 11.6 Å². The van der Waals surface area contributed by atoms with Gasteiger partial charge in [0, 0.05) is 39.6 Å². The second-order valence-electron chi connectivity index (χ2n) is 6.51. The van der Waals surface area contributed by atoms with E-state index in [9.17, 15) is 9.59 Å². The number of rotatable bonds is 1. The Morgan fingerprint density at radius 1 is 0.958 bits per heavy atom. The van der Waals surface area contributed by atoms with Crippen LogP contribution < -0.4 is 0 Å². The van der Waals surface area contributed by atoms with Crippen molar-refractivity contribution in [3.05, 3.63) is 69.1 Å². The molecule has 5 rings (SSSR count). The van der Waals surface area contributed by atoms with E-state index < -0.39 is 0 Å². The van der Waals surface area contributed by atoms with Crippen LogP contribution in [0.3, 0.4) is 0 Å². The summed E-state index contributed by atoms with van der Waals surface area (Å²) in [4.78, 5) is 31.7. The van der Waals surface area contributed by atoms with Gasteiger partial charge < -0.3 is 0 Å². The van der Waals surface area contributed by atoms with E-state index in [0.29, 0.717) is 6.42 Å². The average Bonchev–Trinajstić information content (AvgIpc) is 3.22. The predicted octanol–water partition coefficient (Wildman–Crippen LogP) is 4.15. The summed E-state index contributed by atoms with van der Waals surface area (Å²) in [7, 11) is 0. The van der Waals surface area contributed by atoms with Gasteiger partial charge in [-0.05, 0) is 24.3 Å². The van der Waals surface area contributed by atoms with Crippen LogP contribution in [0.1, 0.15) is 46.0 Å². The van der Waals surface area contributed by atoms with Crippen molar-refractivity contribution in [3.63, 3.8) is 0 Å². The van der Waals surface area contributed by atoms with E-state index in [1.807, 2.05) is 41.8 Å². The molecule has 3 nitrogen and oxygen atoms in total. The van der Waals surface area contributed by atoms with Crippen molar-refractivity contribution in [3.8, 4) is 0 Å². The van der Waals surface area contributed by atoms with Gasteiger partial charge in [-0.25, -0.2) is 0 Å². The van der Waals surface area contributed by atoms with E-state index in [0.717, 1.165) is 45.8 Å². The number of hydrogen-bond acceptors (Lipinski definition) is 4. The first-order chi connectivity index (χ1) is 11.8. The van der Waals surface area contributed by atoms with Gasteiger partial charge in [0.25, 0.3) is 0 Å². The molecule has 118 valence electrons. The second kappa shape index (κ2) is 5.08. The number of carbonyl (C=O) groups is 2. The van der Waals surface area contributed by atoms with Crippen LogP contribution in [0, 0.1) is 5.92 Å². The zero-order valence-electron chi connectivity index (χ0n) is 13.0. The van der Waals surface area contributed by atoms with E-state index in [1.54, 1.807) is 11.3 Å². The summed E-state index contributed by atoms with van der Waals surface area (Å²) < 4.78 is 0. The smallest absolute Gasteiger partial charge is 0.173 e. The van der Waals surface area contributed by atoms with E-state index >= 15 is 0 Å². The Hall–Kier alpha value is -2.33. The highest BCUT2D eigenvalue weighted by Gasteiger charge is 2.48. The molecule has 2 unspecified atom stereocenters. The van der Waals surface area contributed by atoms with Crippen molar-refractivity contribution in [2.24, 2.45) is 10.9 Å². The van der Waals surface area contributed by atoms with Gasteiger partial charge in [-0.1, -0.05) is 30.3 Å². The molecule has 0 fully saturated rings. The molecule has 1 aromatic heterocycles. The largest absolute Gasteiger partial charge is 0.294 e. The number of aliphatic imine (C=N–C) groups is 1. The Morgan fingerprint density at radius 3 is 2.58 bits per heavy atom. The fourth-order valence-electron chi connectivity index (χ4n) is 4.22. The maximum atomic E-state index is 13.1. The number of Topliss-reactive ketones (excluding diaryl/α,β-unsaturated/α-hetero) is 2. The second-order valence-corrected chi connectivity index (χ2v) is 7.49. The van der Waals surface area contributed by atoms with Gasteiger partial charge in [0.05, 0.1) is 11.6 Å². The van der Waals surface area contributed by atoms with Gasteiger partial charge in [-0.3, -0.25) is 14.6 Å². The summed E-state index contributed by atoms with van der Waals surface area (Å²) in [6.45, 7) is 0. The van der Waals surface area contributed by atoms with E-state index in [2.05, 4.69) is 0 Å². The predicted molar refractivity (Wildman–Crippen MR) is 93.7 cm³/mol. The number of benzene rings is 1. The summed E-state index contributed by atoms with van der Waals surface area (Å²) in [6, 6.07) is 11.7. The normalized spacial score (nSPS) is 25.2. The zero-order chi connectivity index (χ0) is 16.3. The molecule has 0 radical (unpaired) electrons. The van der Waals surface area contributed by atoms with Gasteiger partial charge in [0.2, 0.25) is 0 Å². The number of ketones is 2. The lowest BCUT2D eigenvalue weighted by atomic mass is 9.74. The molecule has 24 heavy (non-hydrogen) atoms. The van der Waals surface area contributed by atoms with Crippen molar-refractivity contribution >= 4 is 28.6 Å². The van der Waals surface area contributed by atoms with Crippen LogP contribution in [0.2, 0.25) is 0 Å². The standard InChI is InChI=1S/C20H15NO2S/c22-14-8-3-7-13-16(14)17(15-9-4-10-24-15)18-19(21-13)11-5-1-2-6-12(11)20(18)23/h1-2,4-6,9-10,17-18H,3,7-8H2. The van der Waals surface area contributed by atoms with Crippen molar-refractivity contribution in [1.82, 2.24) is 0 Å². The molecule has 4 heteroatoms. The molecule has 0 amide bonds. The van der Waals surface area contributed by atoms with Crippen LogP contribution in [0.15, 0.2) is 58.0 Å². The zero-order valence-corrected chi connectivity index (χ0v) is 13.8. The first kappa shape index (κ1) is 14.1. The number of thiophene rings is 1. The molecule has 2 atom stereocenters. The molecular weight excluding hydrogens is 318 g/mol. The van der Waals surface area contributed by atoms with Gasteiger partial charge in [-0.15, -0.1) is 11.3 Å². The maximum Gasteiger partial charge on any atom is 0.173 e. The molecule has 1 aromatic carbocycles. The Kier molecular flexibility index (Phi) is 2.98. The van der Waals surface area contributed by atoms with Crippen molar-refractivity contribution < 1.29 is 9.59 Å². The quantitative estimate of drug-likeness (QED) is 0.787. The summed E-state index contributed by atoms with van der Waals surface area (Å²) in [5.74, 6) is -0.240. The third-order valence-corrected chi connectivity index (χ3v) is 6.18. The molecule has 0 spiro atoms. The van der Waals surface area contributed by atoms with Crippen LogP contribution >= 0.6 is 11.3 Å². The van der Waals surface area contributed by atoms with Crippen molar-refractivity contribution in [2.45, 2.75) is 25.2 Å². The lowest BCUT2D eigenvalue weighted by Crippen LogP contribution is -2.33. The summed E-state index contributed by atoms with van der Waals surface area (Å²) in [5, 5.41) is 2.01. The average molecular weight is 333 g/mol. The maximum absolute atomic E-state index is 13.1. The highest BCUT2D eigenvalue weighted by Crippen LogP contribution is 2.49. The minimum atomic E-state index is -0.346. The lowest BCUT2D eigenvalue weighted by molar-refractivity contribution is -0.116. The van der Waals surface area contributed by atoms with Crippen molar-refractivity contribution in [1.29, 1.82) is 0 Å². The third-order valence-electron chi connectivity index (χ3n) is 5.22. The molecule has 0 bridgehead atoms. The van der Waals surface area contributed by atoms with Crippen LogP contribution in [-0.4, -0.2) is 17.3 Å². The number of fused-ring (bicyclic) bond motifs is 3. The molecule has 3 aliphatic rings. The van der Waals surface area contributed by atoms with Crippen LogP contribution in [-0.2, 0) is 4.79 Å². The van der Waals surface area contributed by atoms with E-state index in [4.69, 9.17) is 4.99 Å². The Bertz CT molecular complexity index is 936. The minimum absolute atomic E-state index is 0.104. The molecule has 2 aliphatic carbocycles. The first-order valence-corrected chi connectivity index (χ1v) is 9.15. The Morgan fingerprint density at radius 2 is 1.79 bits per heavy atom. The molecular formula is C20H15NO2S. The SMILES string of the molecule is O=C1CCCC2=C1C(c1cccs1)C1C(=O)c3ccccc3C1=N2. The Labute approximate surface area is 143 Å². The molecule has 2 heterocycles. The Balaban J connectivity index is 1.78. The fraction of sp³-hybridized carbons (Fsp3) is 0.250. The van der Waals surface area contributed by atoms with E-state index in [-0.39, 0.29) is 23.4 Å². The van der Waals surface area contributed by atoms with Crippen molar-refractivity contribution in [2.75, 3.05) is 0 Å². The third kappa shape index (κ3) is 1.80. The van der Waals surface area contributed by atoms with Crippen LogP contribution in [0.4, 0.5) is 0 Å². The number of hydrogen-bond donors (Lipinski definition) is 0. The number of allylic oxidation sites excluding steroid dienone is 2. The van der Waals surface area contributed by atoms with Gasteiger partial charge in [-0.2, -0.15) is 0 Å². The molecule has 2 aromatic rings. The topological polar surface area (TPSA) is 46.5 Å². The van der Waals surface area contributed by atoms with Crippen LogP contribution in [0.5, 0.6) is 0 Å². The summed E-state index contributed by atoms with van der Waals surface area (Å²) in [6.07, 6.45) is 2.25. The fourth-order valence-corrected chi connectivity index (χ4v) is 5.09. The highest BCUT2D eigenvalue weighted by atomic mass is 32.1. The molecule has 0 N–H and O–H groups in total. The molecule has 0 saturated carbocycles. The minimum Gasteiger partial charge on any atom is -0.294 e. The summed E-state index contributed by atoms with van der Waals surface area (Å²) >= 11 is 1.62. The number of nitrogens with zero attached hydrogens (tertiary/aromatic N) is 1. The number of carbonyl (C=O) groups excluding carboxylic acids is 2. The highest BCUT2D eigenvalue weighted by molar-refractivity contribution is 7.10. The van der Waals surface area contributed by atoms with Crippen LogP contribution in [0.25, 0.3) is 0 Å². The van der Waals surface area contributed by atoms with E-state index in [1.165, 1.54) is 0 Å². The van der Waals surface area contributed by atoms with Gasteiger partial charge in [0.1, 0.15) is 0 Å². The monoisotopic (exact) mass is 333 g/mol. The lowest BCUT2D eigenvalue weighted by Gasteiger charge is -2.32. The van der Waals surface area contributed by atoms with Gasteiger partial charge >= 0.3 is 0 Å².